The van der Waals surface area contributed by atoms with Gasteiger partial charge in [-0.05, 0) is 69.7 Å². The Kier molecular flexibility index (Phi) is 8.05. The molecule has 1 aliphatic heterocycles. The van der Waals surface area contributed by atoms with Crippen molar-refractivity contribution in [1.29, 1.82) is 0 Å². The number of hydrogen-bond donors (Lipinski definition) is 0. The SMILES string of the molecule is [2H]c1c([2H])c([2H])c(-c2cccc(-c3c([2H])c([2H])c([2H])c([2H])c3[2H])c2N2[CH-]N(c3[c-]c(Cc4[c-]c5c(cc4)c4ccccc4n5-c4cc(C(C)(C)C)ccn4)cc(C(C)(C)C)c3)c3ccccc32)c([2H])c1[2H].[Pt]. The van der Waals surface area contributed by atoms with Crippen LogP contribution in [0.15, 0.2) is 170 Å². The van der Waals surface area contributed by atoms with E-state index in [1.165, 1.54) is 5.56 Å². The Morgan fingerprint density at radius 3 is 1.89 bits per heavy atom. The number of hydrogen-bond acceptors (Lipinski definition) is 3. The first kappa shape index (κ1) is 30.7. The molecule has 0 atom stereocenters. The number of aromatic nitrogens is 2. The minimum absolute atomic E-state index is 0. The van der Waals surface area contributed by atoms with E-state index >= 15 is 0 Å². The average Bonchev–Trinajstić information content (AvgIpc) is 3.89. The molecule has 0 N–H and O–H groups in total. The molecular weight excluding hydrogens is 936 g/mol. The number of anilines is 4. The zero-order valence-corrected chi connectivity index (χ0v) is 37.6. The van der Waals surface area contributed by atoms with Gasteiger partial charge in [0.1, 0.15) is 5.82 Å². The second-order valence-electron chi connectivity index (χ2n) is 17.5. The zero-order chi connectivity index (χ0) is 50.6. The Balaban J connectivity index is 0.00000640. The van der Waals surface area contributed by atoms with Gasteiger partial charge in [0.05, 0.1) is 13.7 Å². The molecule has 310 valence electrons. The van der Waals surface area contributed by atoms with E-state index in [4.69, 9.17) is 18.7 Å². The Morgan fingerprint density at radius 1 is 0.597 bits per heavy atom. The minimum Gasteiger partial charge on any atom is -0.493 e. The smallest absolute Gasteiger partial charge is 0.135 e. The molecule has 0 bridgehead atoms. The Morgan fingerprint density at radius 2 is 1.23 bits per heavy atom. The van der Waals surface area contributed by atoms with Crippen LogP contribution in [-0.4, -0.2) is 9.55 Å². The fraction of sp³-hybridized carbons (Fsp3) is 0.158. The molecule has 2 aromatic heterocycles. The van der Waals surface area contributed by atoms with E-state index in [1.54, 1.807) is 18.2 Å². The number of fused-ring (bicyclic) bond motifs is 4. The average molecular weight is 995 g/mol. The van der Waals surface area contributed by atoms with Gasteiger partial charge < -0.3 is 14.4 Å². The molecule has 0 amide bonds. The summed E-state index contributed by atoms with van der Waals surface area (Å²) in [6, 6.07) is 36.1. The molecule has 10 rings (SSSR count). The van der Waals surface area contributed by atoms with Crippen molar-refractivity contribution in [2.75, 3.05) is 9.80 Å². The summed E-state index contributed by atoms with van der Waals surface area (Å²) in [6.07, 6.45) is 2.36. The molecule has 0 spiro atoms. The van der Waals surface area contributed by atoms with Gasteiger partial charge in [-0.3, -0.25) is 0 Å². The molecule has 4 nitrogen and oxygen atoms in total. The fourth-order valence-corrected chi connectivity index (χ4v) is 8.22. The topological polar surface area (TPSA) is 24.3 Å². The van der Waals surface area contributed by atoms with Crippen LogP contribution in [0.3, 0.4) is 0 Å². The molecule has 0 aliphatic carbocycles. The molecule has 5 heteroatoms. The van der Waals surface area contributed by atoms with Gasteiger partial charge in [-0.15, -0.1) is 23.8 Å². The number of para-hydroxylation sites is 4. The summed E-state index contributed by atoms with van der Waals surface area (Å²) in [4.78, 5) is 8.66. The third-order valence-corrected chi connectivity index (χ3v) is 11.3. The molecule has 1 aliphatic rings. The van der Waals surface area contributed by atoms with E-state index < -0.39 is 60.4 Å². The van der Waals surface area contributed by atoms with Crippen LogP contribution in [0.5, 0.6) is 0 Å². The van der Waals surface area contributed by atoms with Gasteiger partial charge in [0.2, 0.25) is 0 Å². The summed E-state index contributed by atoms with van der Waals surface area (Å²) < 4.78 is 89.8. The quantitative estimate of drug-likeness (QED) is 0.149. The van der Waals surface area contributed by atoms with Crippen LogP contribution in [0.4, 0.5) is 22.7 Å². The number of pyridine rings is 1. The number of nitrogens with zero attached hydrogens (tertiary/aromatic N) is 4. The molecule has 0 saturated carbocycles. The van der Waals surface area contributed by atoms with E-state index in [0.717, 1.165) is 50.0 Å². The number of rotatable bonds is 7. The van der Waals surface area contributed by atoms with Gasteiger partial charge in [0.15, 0.2) is 0 Å². The monoisotopic (exact) mass is 994 g/mol. The second kappa shape index (κ2) is 16.2. The Bertz CT molecular complexity index is 3520. The van der Waals surface area contributed by atoms with E-state index in [-0.39, 0.29) is 59.8 Å². The minimum atomic E-state index is -0.552. The van der Waals surface area contributed by atoms with Gasteiger partial charge in [-0.25, -0.2) is 4.98 Å². The molecule has 0 fully saturated rings. The van der Waals surface area contributed by atoms with Crippen LogP contribution in [0.1, 0.15) is 77.5 Å². The maximum absolute atomic E-state index is 9.09. The van der Waals surface area contributed by atoms with Crippen molar-refractivity contribution >= 4 is 44.6 Å². The van der Waals surface area contributed by atoms with Crippen molar-refractivity contribution in [2.24, 2.45) is 0 Å². The molecular formula is C57H49N4Pt-3. The molecule has 3 heterocycles. The predicted molar refractivity (Wildman–Crippen MR) is 255 cm³/mol. The Labute approximate surface area is 394 Å². The maximum Gasteiger partial charge on any atom is 0.135 e. The zero-order valence-electron chi connectivity index (χ0n) is 45.3. The molecule has 0 radical (unpaired) electrons. The van der Waals surface area contributed by atoms with E-state index in [1.807, 2.05) is 59.1 Å². The van der Waals surface area contributed by atoms with Gasteiger partial charge in [0, 0.05) is 61.0 Å². The molecule has 0 saturated heterocycles. The van der Waals surface area contributed by atoms with Crippen LogP contribution in [0, 0.1) is 18.8 Å². The molecule has 9 aromatic rings. The summed E-state index contributed by atoms with van der Waals surface area (Å²) in [6.45, 7) is 14.9. The van der Waals surface area contributed by atoms with Crippen molar-refractivity contribution in [1.82, 2.24) is 9.55 Å². The summed E-state index contributed by atoms with van der Waals surface area (Å²) in [5.74, 6) is 0.816. The first-order valence-electron chi connectivity index (χ1n) is 25.4. The van der Waals surface area contributed by atoms with Gasteiger partial charge in [-0.2, -0.15) is 47.0 Å². The van der Waals surface area contributed by atoms with Crippen molar-refractivity contribution in [3.05, 3.63) is 211 Å². The summed E-state index contributed by atoms with van der Waals surface area (Å²) in [7, 11) is 0. The third-order valence-electron chi connectivity index (χ3n) is 11.3. The predicted octanol–water partition coefficient (Wildman–Crippen LogP) is 14.7. The summed E-state index contributed by atoms with van der Waals surface area (Å²) in [5, 5.41) is 2.17. The summed E-state index contributed by atoms with van der Waals surface area (Å²) >= 11 is 0. The molecule has 0 unspecified atom stereocenters. The maximum atomic E-state index is 9.09. The van der Waals surface area contributed by atoms with Crippen LogP contribution in [-0.2, 0) is 38.3 Å². The number of benzene rings is 7. The second-order valence-corrected chi connectivity index (χ2v) is 17.5. The largest absolute Gasteiger partial charge is 0.493 e. The van der Waals surface area contributed by atoms with Crippen molar-refractivity contribution in [3.8, 4) is 28.1 Å². The Hall–Kier alpha value is -6.22. The molecule has 7 aromatic carbocycles. The standard InChI is InChI=1S/C57H49N4.Pt/c1-56(2,3)43-30-31-58-54(37-43)61-50-25-14-13-22-48(50)49-29-28-39(35-53(49)61)32-40-33-44(57(4,5)6)36-45(34-40)59-38-60(52-27-16-15-26-51(52)59)55-46(41-18-9-7-10-19-41)23-17-24-47(55)42-20-11-8-12-21-42;/h7-31,33,36-38H,32H2,1-6H3;/q-3;/i7D,8D,9D,10D,11D,12D,18D,19D,20D,21D;. The first-order chi connectivity index (χ1) is 33.6. The van der Waals surface area contributed by atoms with Gasteiger partial charge in [0.25, 0.3) is 0 Å². The van der Waals surface area contributed by atoms with Crippen molar-refractivity contribution in [2.45, 2.75) is 58.8 Å². The summed E-state index contributed by atoms with van der Waals surface area (Å²) in [5.41, 5.74) is 8.17. The third kappa shape index (κ3) is 7.56. The normalized spacial score (nSPS) is 15.1. The van der Waals surface area contributed by atoms with E-state index in [0.29, 0.717) is 17.8 Å². The fourth-order valence-electron chi connectivity index (χ4n) is 8.22. The first-order valence-corrected chi connectivity index (χ1v) is 20.4. The molecule has 62 heavy (non-hydrogen) atoms. The van der Waals surface area contributed by atoms with Crippen LogP contribution < -0.4 is 9.80 Å². The van der Waals surface area contributed by atoms with E-state index in [2.05, 4.69) is 107 Å². The van der Waals surface area contributed by atoms with Crippen LogP contribution >= 0.6 is 0 Å². The van der Waals surface area contributed by atoms with Gasteiger partial charge >= 0.3 is 0 Å². The van der Waals surface area contributed by atoms with Crippen molar-refractivity contribution in [3.63, 3.8) is 0 Å². The van der Waals surface area contributed by atoms with Gasteiger partial charge in [-0.1, -0.05) is 156 Å². The van der Waals surface area contributed by atoms with Crippen LogP contribution in [0.25, 0.3) is 49.9 Å². The van der Waals surface area contributed by atoms with Crippen molar-refractivity contribution < 1.29 is 34.8 Å². The van der Waals surface area contributed by atoms with Crippen LogP contribution in [0.2, 0.25) is 0 Å². The van der Waals surface area contributed by atoms with E-state index in [9.17, 15) is 0 Å².